The van der Waals surface area contributed by atoms with Crippen molar-refractivity contribution < 1.29 is 4.74 Å². The van der Waals surface area contributed by atoms with Crippen LogP contribution in [0, 0.1) is 0 Å². The van der Waals surface area contributed by atoms with Gasteiger partial charge in [-0.2, -0.15) is 0 Å². The number of thiazole rings is 1. The van der Waals surface area contributed by atoms with Crippen molar-refractivity contribution in [2.24, 2.45) is 0 Å². The number of rotatable bonds is 6. The predicted octanol–water partition coefficient (Wildman–Crippen LogP) is 2.97. The molecule has 4 aromatic rings. The topological polar surface area (TPSA) is 78.5 Å². The number of thioether (sulfide) groups is 1. The van der Waals surface area contributed by atoms with Gasteiger partial charge in [0.2, 0.25) is 0 Å². The molecule has 28 heavy (non-hydrogen) atoms. The minimum Gasteiger partial charge on any atom is -0.383 e. The Morgan fingerprint density at radius 1 is 1.25 bits per heavy atom. The fourth-order valence-corrected chi connectivity index (χ4v) is 4.76. The zero-order valence-corrected chi connectivity index (χ0v) is 17.0. The van der Waals surface area contributed by atoms with E-state index in [0.717, 1.165) is 0 Å². The van der Waals surface area contributed by atoms with Gasteiger partial charge in [-0.1, -0.05) is 23.9 Å². The van der Waals surface area contributed by atoms with Crippen molar-refractivity contribution in [3.05, 3.63) is 68.3 Å². The van der Waals surface area contributed by atoms with Crippen LogP contribution < -0.4 is 11.1 Å². The summed E-state index contributed by atoms with van der Waals surface area (Å²) < 4.78 is 8.42. The number of aromatic nitrogens is 4. The van der Waals surface area contributed by atoms with Crippen LogP contribution in [-0.2, 0) is 10.5 Å². The Morgan fingerprint density at radius 3 is 2.89 bits per heavy atom. The average Bonchev–Trinajstić information content (AvgIpc) is 3.16. The molecule has 0 saturated heterocycles. The highest BCUT2D eigenvalue weighted by atomic mass is 32.2. The number of nitrogens with zero attached hydrogens (tertiary/aromatic N) is 4. The maximum Gasteiger partial charge on any atom is 0.262 e. The van der Waals surface area contributed by atoms with Gasteiger partial charge in [-0.05, 0) is 19.1 Å². The quantitative estimate of drug-likeness (QED) is 0.357. The van der Waals surface area contributed by atoms with Gasteiger partial charge in [0.1, 0.15) is 0 Å². The summed E-state index contributed by atoms with van der Waals surface area (Å²) in [6.07, 6.45) is 1.71. The maximum absolute atomic E-state index is 13.1. The molecule has 0 aliphatic rings. The molecule has 0 fully saturated rings. The molecule has 3 aromatic heterocycles. The second-order valence-electron chi connectivity index (χ2n) is 6.32. The zero-order chi connectivity index (χ0) is 19.7. The molecule has 0 bridgehead atoms. The van der Waals surface area contributed by atoms with Crippen LogP contribution in [0.25, 0.3) is 15.9 Å². The maximum atomic E-state index is 13.1. The van der Waals surface area contributed by atoms with E-state index in [0.29, 0.717) is 39.1 Å². The lowest BCUT2D eigenvalue weighted by Gasteiger charge is -2.18. The van der Waals surface area contributed by atoms with Gasteiger partial charge in [0, 0.05) is 30.5 Å². The first-order chi connectivity index (χ1) is 13.6. The van der Waals surface area contributed by atoms with E-state index in [-0.39, 0.29) is 17.2 Å². The van der Waals surface area contributed by atoms with Gasteiger partial charge in [-0.15, -0.1) is 11.3 Å². The summed E-state index contributed by atoms with van der Waals surface area (Å²) in [6.45, 7) is 2.32. The molecule has 4 rings (SSSR count). The first-order valence-corrected chi connectivity index (χ1v) is 10.5. The largest absolute Gasteiger partial charge is 0.383 e. The Balaban J connectivity index is 1.74. The van der Waals surface area contributed by atoms with Gasteiger partial charge >= 0.3 is 0 Å². The second-order valence-corrected chi connectivity index (χ2v) is 8.14. The summed E-state index contributed by atoms with van der Waals surface area (Å²) in [4.78, 5) is 35.1. The molecule has 0 aliphatic heterocycles. The van der Waals surface area contributed by atoms with E-state index in [1.54, 1.807) is 23.9 Å². The van der Waals surface area contributed by atoms with E-state index in [4.69, 9.17) is 9.72 Å². The molecule has 9 heteroatoms. The highest BCUT2D eigenvalue weighted by Crippen LogP contribution is 2.24. The lowest BCUT2D eigenvalue weighted by molar-refractivity contribution is 0.156. The number of hydrogen-bond donors (Lipinski definition) is 0. The summed E-state index contributed by atoms with van der Waals surface area (Å²) >= 11 is 2.80. The molecule has 0 amide bonds. The molecule has 3 heterocycles. The normalized spacial score (nSPS) is 12.6. The number of fused-ring (bicyclic) bond motifs is 2. The molecule has 0 aliphatic carbocycles. The Kier molecular flexibility index (Phi) is 5.29. The van der Waals surface area contributed by atoms with Gasteiger partial charge < -0.3 is 4.74 Å². The molecular weight excluding hydrogens is 396 g/mol. The van der Waals surface area contributed by atoms with Crippen LogP contribution in [0.2, 0.25) is 0 Å². The van der Waals surface area contributed by atoms with Crippen molar-refractivity contribution in [2.45, 2.75) is 23.9 Å². The lowest BCUT2D eigenvalue weighted by Crippen LogP contribution is -2.28. The van der Waals surface area contributed by atoms with E-state index in [1.165, 1.54) is 33.6 Å². The van der Waals surface area contributed by atoms with E-state index in [1.807, 2.05) is 30.5 Å². The fraction of sp³-hybridized carbons (Fsp3) is 0.263. The molecule has 1 atom stereocenters. The standard InChI is InChI=1S/C19H18N4O3S2/c1-12(10-26-2)23-17(25)14-5-3-4-6-15(14)21-19(23)28-11-13-9-16(24)22-7-8-27-18(22)20-13/h3-9,12H,10-11H2,1-2H3/t12-/m1/s1. The van der Waals surface area contributed by atoms with Crippen LogP contribution >= 0.6 is 23.1 Å². The Morgan fingerprint density at radius 2 is 2.07 bits per heavy atom. The van der Waals surface area contributed by atoms with Gasteiger partial charge in [-0.3, -0.25) is 18.6 Å². The van der Waals surface area contributed by atoms with Gasteiger partial charge in [0.05, 0.1) is 29.2 Å². The number of benzene rings is 1. The van der Waals surface area contributed by atoms with Crippen molar-refractivity contribution in [3.8, 4) is 0 Å². The summed E-state index contributed by atoms with van der Waals surface area (Å²) in [5.41, 5.74) is 1.10. The summed E-state index contributed by atoms with van der Waals surface area (Å²) in [5.74, 6) is 0.439. The number of methoxy groups -OCH3 is 1. The molecule has 0 radical (unpaired) electrons. The monoisotopic (exact) mass is 414 g/mol. The highest BCUT2D eigenvalue weighted by Gasteiger charge is 2.17. The fourth-order valence-electron chi connectivity index (χ4n) is 3.03. The third-order valence-electron chi connectivity index (χ3n) is 4.33. The Hall–Kier alpha value is -2.49. The average molecular weight is 415 g/mol. The zero-order valence-electron chi connectivity index (χ0n) is 15.4. The van der Waals surface area contributed by atoms with Gasteiger partial charge in [0.15, 0.2) is 10.1 Å². The van der Waals surface area contributed by atoms with E-state index in [2.05, 4.69) is 4.98 Å². The molecule has 0 spiro atoms. The van der Waals surface area contributed by atoms with Crippen molar-refractivity contribution in [1.82, 2.24) is 18.9 Å². The number of hydrogen-bond acceptors (Lipinski definition) is 7. The van der Waals surface area contributed by atoms with Crippen LogP contribution in [-0.4, -0.2) is 32.7 Å². The summed E-state index contributed by atoms with van der Waals surface area (Å²) in [5, 5.41) is 2.99. The summed E-state index contributed by atoms with van der Waals surface area (Å²) in [7, 11) is 1.61. The minimum atomic E-state index is -0.171. The summed E-state index contributed by atoms with van der Waals surface area (Å²) in [6, 6.07) is 8.65. The molecule has 0 N–H and O–H groups in total. The molecule has 1 aromatic carbocycles. The van der Waals surface area contributed by atoms with Gasteiger partial charge in [-0.25, -0.2) is 9.97 Å². The predicted molar refractivity (Wildman–Crippen MR) is 111 cm³/mol. The highest BCUT2D eigenvalue weighted by molar-refractivity contribution is 7.98. The van der Waals surface area contributed by atoms with Crippen LogP contribution in [0.1, 0.15) is 18.7 Å². The van der Waals surface area contributed by atoms with Crippen molar-refractivity contribution in [3.63, 3.8) is 0 Å². The van der Waals surface area contributed by atoms with Crippen LogP contribution in [0.3, 0.4) is 0 Å². The molecule has 0 unspecified atom stereocenters. The number of para-hydroxylation sites is 1. The van der Waals surface area contributed by atoms with E-state index < -0.39 is 0 Å². The smallest absolute Gasteiger partial charge is 0.262 e. The van der Waals surface area contributed by atoms with E-state index >= 15 is 0 Å². The second kappa shape index (κ2) is 7.86. The minimum absolute atomic E-state index is 0.0978. The number of ether oxygens (including phenoxy) is 1. The first kappa shape index (κ1) is 18.9. The third-order valence-corrected chi connectivity index (χ3v) is 6.07. The van der Waals surface area contributed by atoms with E-state index in [9.17, 15) is 9.59 Å². The molecule has 144 valence electrons. The van der Waals surface area contributed by atoms with Crippen molar-refractivity contribution >= 4 is 39.0 Å². The van der Waals surface area contributed by atoms with Crippen molar-refractivity contribution in [1.29, 1.82) is 0 Å². The van der Waals surface area contributed by atoms with Crippen LogP contribution in [0.15, 0.2) is 56.7 Å². The van der Waals surface area contributed by atoms with Gasteiger partial charge in [0.25, 0.3) is 11.1 Å². The van der Waals surface area contributed by atoms with Crippen LogP contribution in [0.4, 0.5) is 0 Å². The van der Waals surface area contributed by atoms with Crippen LogP contribution in [0.5, 0.6) is 0 Å². The lowest BCUT2D eigenvalue weighted by atomic mass is 10.2. The SMILES string of the molecule is COC[C@@H](C)n1c(SCc2cc(=O)n3ccsc3n2)nc2ccccc2c1=O. The molecule has 0 saturated carbocycles. The Bertz CT molecular complexity index is 1260. The molecular formula is C19H18N4O3S2. The van der Waals surface area contributed by atoms with Crippen molar-refractivity contribution in [2.75, 3.05) is 13.7 Å². The third kappa shape index (κ3) is 3.48. The Labute approximate surface area is 168 Å². The molecule has 7 nitrogen and oxygen atoms in total. The first-order valence-electron chi connectivity index (χ1n) is 8.67.